The number of halogens is 2. The van der Waals surface area contributed by atoms with Crippen LogP contribution < -0.4 is 9.47 Å². The van der Waals surface area contributed by atoms with Gasteiger partial charge in [-0.05, 0) is 31.2 Å². The molecule has 5 heteroatoms. The van der Waals surface area contributed by atoms with Gasteiger partial charge < -0.3 is 14.6 Å². The maximum absolute atomic E-state index is 13.9. The number of aliphatic hydroxyl groups excluding tert-OH is 1. The van der Waals surface area contributed by atoms with Crippen LogP contribution in [-0.2, 0) is 0 Å². The van der Waals surface area contributed by atoms with E-state index in [4.69, 9.17) is 21.1 Å². The number of ether oxygens (including phenoxy) is 2. The van der Waals surface area contributed by atoms with E-state index in [9.17, 15) is 9.50 Å². The van der Waals surface area contributed by atoms with Gasteiger partial charge >= 0.3 is 0 Å². The third kappa shape index (κ3) is 2.86. The third-order valence-electron chi connectivity index (χ3n) is 2.80. The van der Waals surface area contributed by atoms with Crippen molar-refractivity contribution in [1.29, 1.82) is 0 Å². The van der Waals surface area contributed by atoms with E-state index in [1.54, 1.807) is 31.2 Å². The third-order valence-corrected chi connectivity index (χ3v) is 3.09. The van der Waals surface area contributed by atoms with Crippen molar-refractivity contribution in [3.8, 4) is 17.2 Å². The topological polar surface area (TPSA) is 38.7 Å². The van der Waals surface area contributed by atoms with Crippen molar-refractivity contribution in [3.63, 3.8) is 0 Å². The van der Waals surface area contributed by atoms with Crippen LogP contribution in [0, 0.1) is 5.82 Å². The summed E-state index contributed by atoms with van der Waals surface area (Å²) in [6.45, 7) is 1.58. The van der Waals surface area contributed by atoms with Crippen molar-refractivity contribution in [2.45, 2.75) is 13.0 Å². The Morgan fingerprint density at radius 1 is 1.10 bits per heavy atom. The van der Waals surface area contributed by atoms with Gasteiger partial charge in [-0.3, -0.25) is 0 Å². The Bertz CT molecular complexity index is 614. The van der Waals surface area contributed by atoms with E-state index in [-0.39, 0.29) is 10.8 Å². The number of hydrogen-bond acceptors (Lipinski definition) is 3. The summed E-state index contributed by atoms with van der Waals surface area (Å²) in [5, 5.41) is 9.81. The van der Waals surface area contributed by atoms with Crippen LogP contribution >= 0.6 is 11.6 Å². The molecule has 0 unspecified atom stereocenters. The predicted octanol–water partition coefficient (Wildman–Crippen LogP) is 4.33. The molecule has 20 heavy (non-hydrogen) atoms. The number of methoxy groups -OCH3 is 1. The molecule has 0 heterocycles. The minimum atomic E-state index is -0.816. The van der Waals surface area contributed by atoms with Gasteiger partial charge in [0.05, 0.1) is 23.8 Å². The maximum atomic E-state index is 13.9. The van der Waals surface area contributed by atoms with E-state index in [0.29, 0.717) is 17.1 Å². The molecule has 0 aromatic heterocycles. The molecule has 0 amide bonds. The Kier molecular flexibility index (Phi) is 4.47. The molecule has 3 nitrogen and oxygen atoms in total. The highest BCUT2D eigenvalue weighted by atomic mass is 35.5. The maximum Gasteiger partial charge on any atom is 0.184 e. The van der Waals surface area contributed by atoms with Crippen LogP contribution in [0.1, 0.15) is 18.6 Å². The van der Waals surface area contributed by atoms with Gasteiger partial charge in [0.25, 0.3) is 0 Å². The van der Waals surface area contributed by atoms with Crippen LogP contribution in [0.3, 0.4) is 0 Å². The van der Waals surface area contributed by atoms with Crippen molar-refractivity contribution in [3.05, 3.63) is 52.8 Å². The molecule has 0 spiro atoms. The van der Waals surface area contributed by atoms with Crippen molar-refractivity contribution in [1.82, 2.24) is 0 Å². The van der Waals surface area contributed by atoms with Gasteiger partial charge in [-0.2, -0.15) is 0 Å². The smallest absolute Gasteiger partial charge is 0.184 e. The Hall–Kier alpha value is -1.78. The largest absolute Gasteiger partial charge is 0.496 e. The van der Waals surface area contributed by atoms with Crippen LogP contribution in [-0.4, -0.2) is 12.2 Å². The highest BCUT2D eigenvalue weighted by Gasteiger charge is 2.17. The molecule has 0 saturated carbocycles. The molecule has 106 valence electrons. The Balaban J connectivity index is 2.46. The lowest BCUT2D eigenvalue weighted by Crippen LogP contribution is -2.00. The second-order valence-corrected chi connectivity index (χ2v) is 4.61. The Morgan fingerprint density at radius 2 is 1.70 bits per heavy atom. The number of rotatable bonds is 4. The molecule has 0 fully saturated rings. The summed E-state index contributed by atoms with van der Waals surface area (Å²) in [4.78, 5) is 0. The molecular formula is C15H14ClFO3. The predicted molar refractivity (Wildman–Crippen MR) is 75.1 cm³/mol. The zero-order valence-electron chi connectivity index (χ0n) is 11.1. The highest BCUT2D eigenvalue weighted by Crippen LogP contribution is 2.37. The molecule has 0 aliphatic rings. The van der Waals surface area contributed by atoms with E-state index >= 15 is 0 Å². The van der Waals surface area contributed by atoms with Gasteiger partial charge in [0, 0.05) is 0 Å². The minimum absolute atomic E-state index is 0.00680. The first-order valence-electron chi connectivity index (χ1n) is 6.01. The zero-order valence-corrected chi connectivity index (χ0v) is 11.8. The fraction of sp³-hybridized carbons (Fsp3) is 0.200. The lowest BCUT2D eigenvalue weighted by Gasteiger charge is -2.16. The summed E-state index contributed by atoms with van der Waals surface area (Å²) in [6.07, 6.45) is -0.816. The Morgan fingerprint density at radius 3 is 2.35 bits per heavy atom. The van der Waals surface area contributed by atoms with Gasteiger partial charge in [0.2, 0.25) is 0 Å². The van der Waals surface area contributed by atoms with Gasteiger partial charge in [-0.15, -0.1) is 0 Å². The molecule has 2 rings (SSSR count). The first-order valence-corrected chi connectivity index (χ1v) is 6.39. The molecule has 1 N–H and O–H groups in total. The van der Waals surface area contributed by atoms with E-state index < -0.39 is 11.9 Å². The van der Waals surface area contributed by atoms with Crippen molar-refractivity contribution >= 4 is 11.6 Å². The van der Waals surface area contributed by atoms with Crippen molar-refractivity contribution < 1.29 is 19.0 Å². The summed E-state index contributed by atoms with van der Waals surface area (Å²) < 4.78 is 24.6. The van der Waals surface area contributed by atoms with Crippen LogP contribution in [0.2, 0.25) is 5.02 Å². The van der Waals surface area contributed by atoms with Crippen LogP contribution in [0.15, 0.2) is 36.4 Å². The van der Waals surface area contributed by atoms with Crippen LogP contribution in [0.25, 0.3) is 0 Å². The van der Waals surface area contributed by atoms with Gasteiger partial charge in [-0.1, -0.05) is 23.7 Å². The molecule has 0 radical (unpaired) electrons. The monoisotopic (exact) mass is 296 g/mol. The minimum Gasteiger partial charge on any atom is -0.496 e. The zero-order chi connectivity index (χ0) is 14.7. The summed E-state index contributed by atoms with van der Waals surface area (Å²) in [5.74, 6) is 0.140. The molecule has 0 aliphatic carbocycles. The average Bonchev–Trinajstić information content (AvgIpc) is 2.43. The summed E-state index contributed by atoms with van der Waals surface area (Å²) in [5.41, 5.74) is 0.453. The van der Waals surface area contributed by atoms with Crippen LogP contribution in [0.5, 0.6) is 17.2 Å². The molecule has 2 aromatic rings. The average molecular weight is 297 g/mol. The fourth-order valence-corrected chi connectivity index (χ4v) is 2.05. The quantitative estimate of drug-likeness (QED) is 0.912. The standard InChI is InChI=1S/C15H14ClFO3/c1-9(18)14-11(19-2)6-4-7-12(14)20-13-8-3-5-10(16)15(13)17/h3-9,18H,1-2H3/t9-/m1/s1. The van der Waals surface area contributed by atoms with Gasteiger partial charge in [0.15, 0.2) is 11.6 Å². The van der Waals surface area contributed by atoms with E-state index in [1.807, 2.05) is 0 Å². The van der Waals surface area contributed by atoms with Crippen molar-refractivity contribution in [2.75, 3.05) is 7.11 Å². The molecule has 0 saturated heterocycles. The Labute approximate surface area is 121 Å². The fourth-order valence-electron chi connectivity index (χ4n) is 1.88. The molecular weight excluding hydrogens is 283 g/mol. The first kappa shape index (κ1) is 14.6. The molecule has 0 bridgehead atoms. The SMILES string of the molecule is COc1cccc(Oc2cccc(Cl)c2F)c1[C@@H](C)O. The second-order valence-electron chi connectivity index (χ2n) is 4.20. The lowest BCUT2D eigenvalue weighted by molar-refractivity contribution is 0.190. The van der Waals surface area contributed by atoms with Gasteiger partial charge in [-0.25, -0.2) is 4.39 Å². The summed E-state index contributed by atoms with van der Waals surface area (Å²) in [6, 6.07) is 9.51. The number of hydrogen-bond donors (Lipinski definition) is 1. The second kappa shape index (κ2) is 6.11. The molecule has 1 atom stereocenters. The van der Waals surface area contributed by atoms with E-state index in [0.717, 1.165) is 0 Å². The van der Waals surface area contributed by atoms with E-state index in [2.05, 4.69) is 0 Å². The summed E-state index contributed by atoms with van der Waals surface area (Å²) in [7, 11) is 1.49. The molecule has 2 aromatic carbocycles. The number of benzene rings is 2. The number of aliphatic hydroxyl groups is 1. The summed E-state index contributed by atoms with van der Waals surface area (Å²) >= 11 is 5.71. The normalized spacial score (nSPS) is 12.1. The van der Waals surface area contributed by atoms with Crippen molar-refractivity contribution in [2.24, 2.45) is 0 Å². The van der Waals surface area contributed by atoms with Crippen LogP contribution in [0.4, 0.5) is 4.39 Å². The first-order chi connectivity index (χ1) is 9.54. The molecule has 0 aliphatic heterocycles. The van der Waals surface area contributed by atoms with E-state index in [1.165, 1.54) is 19.2 Å². The highest BCUT2D eigenvalue weighted by molar-refractivity contribution is 6.30. The van der Waals surface area contributed by atoms with Gasteiger partial charge in [0.1, 0.15) is 11.5 Å². The lowest BCUT2D eigenvalue weighted by atomic mass is 10.1.